The fourth-order valence-corrected chi connectivity index (χ4v) is 1.61. The van der Waals surface area contributed by atoms with Gasteiger partial charge in [0.15, 0.2) is 5.75 Å². The molecule has 1 unspecified atom stereocenters. The molecular formula is C15H24N2O3. The molecule has 1 rings (SSSR count). The van der Waals surface area contributed by atoms with Crippen molar-refractivity contribution < 1.29 is 9.66 Å². The smallest absolute Gasteiger partial charge is 0.311 e. The molecule has 20 heavy (non-hydrogen) atoms. The van der Waals surface area contributed by atoms with Crippen molar-refractivity contribution >= 4 is 5.69 Å². The average molecular weight is 280 g/mol. The highest BCUT2D eigenvalue weighted by molar-refractivity contribution is 5.48. The lowest BCUT2D eigenvalue weighted by Gasteiger charge is -2.12. The Labute approximate surface area is 120 Å². The van der Waals surface area contributed by atoms with E-state index in [-0.39, 0.29) is 10.6 Å². The molecule has 5 heteroatoms. The number of ether oxygens (including phenoxy) is 1. The standard InChI is InChI=1S/C15H24N2O3/c1-5-12(4)10-20-15-7-6-13(9-16-11(2)3)8-14(15)17(18)19/h6-8,11-12,16H,5,9-10H2,1-4H3. The van der Waals surface area contributed by atoms with Crippen LogP contribution < -0.4 is 10.1 Å². The highest BCUT2D eigenvalue weighted by Gasteiger charge is 2.16. The predicted octanol–water partition coefficient (Wildman–Crippen LogP) is 3.52. The normalized spacial score (nSPS) is 12.4. The lowest BCUT2D eigenvalue weighted by Crippen LogP contribution is -2.21. The summed E-state index contributed by atoms with van der Waals surface area (Å²) in [6.07, 6.45) is 0.990. The van der Waals surface area contributed by atoms with Crippen LogP contribution in [-0.2, 0) is 6.54 Å². The van der Waals surface area contributed by atoms with Gasteiger partial charge in [-0.15, -0.1) is 0 Å². The van der Waals surface area contributed by atoms with Crippen LogP contribution in [0, 0.1) is 16.0 Å². The molecule has 112 valence electrons. The van der Waals surface area contributed by atoms with Crippen molar-refractivity contribution in [3.05, 3.63) is 33.9 Å². The summed E-state index contributed by atoms with van der Waals surface area (Å²) in [5.74, 6) is 0.737. The van der Waals surface area contributed by atoms with Crippen LogP contribution in [0.15, 0.2) is 18.2 Å². The molecule has 0 saturated carbocycles. The molecule has 5 nitrogen and oxygen atoms in total. The minimum atomic E-state index is -0.384. The van der Waals surface area contributed by atoms with Gasteiger partial charge in [-0.05, 0) is 17.5 Å². The Morgan fingerprint density at radius 1 is 1.35 bits per heavy atom. The third-order valence-corrected chi connectivity index (χ3v) is 3.15. The van der Waals surface area contributed by atoms with E-state index in [1.54, 1.807) is 12.1 Å². The van der Waals surface area contributed by atoms with Crippen molar-refractivity contribution in [1.29, 1.82) is 0 Å². The molecule has 0 bridgehead atoms. The molecule has 0 heterocycles. The Bertz CT molecular complexity index is 447. The largest absolute Gasteiger partial charge is 0.487 e. The van der Waals surface area contributed by atoms with Gasteiger partial charge in [0.1, 0.15) is 0 Å². The summed E-state index contributed by atoms with van der Waals surface area (Å²) in [7, 11) is 0. The topological polar surface area (TPSA) is 64.4 Å². The van der Waals surface area contributed by atoms with Gasteiger partial charge in [-0.25, -0.2) is 0 Å². The maximum Gasteiger partial charge on any atom is 0.311 e. The molecule has 0 saturated heterocycles. The Hall–Kier alpha value is -1.62. The number of hydrogen-bond donors (Lipinski definition) is 1. The number of hydrogen-bond acceptors (Lipinski definition) is 4. The highest BCUT2D eigenvalue weighted by atomic mass is 16.6. The monoisotopic (exact) mass is 280 g/mol. The van der Waals surface area contributed by atoms with E-state index in [1.807, 2.05) is 19.9 Å². The third kappa shape index (κ3) is 5.17. The van der Waals surface area contributed by atoms with Crippen molar-refractivity contribution in [3.63, 3.8) is 0 Å². The number of nitrogens with zero attached hydrogens (tertiary/aromatic N) is 1. The van der Waals surface area contributed by atoms with Crippen LogP contribution in [0.25, 0.3) is 0 Å². The average Bonchev–Trinajstić information content (AvgIpc) is 2.42. The Kier molecular flexibility index (Phi) is 6.45. The van der Waals surface area contributed by atoms with Gasteiger partial charge in [0.2, 0.25) is 0 Å². The molecule has 0 aromatic heterocycles. The Balaban J connectivity index is 2.82. The van der Waals surface area contributed by atoms with Crippen LogP contribution in [0.5, 0.6) is 5.75 Å². The van der Waals surface area contributed by atoms with Gasteiger partial charge >= 0.3 is 5.69 Å². The summed E-state index contributed by atoms with van der Waals surface area (Å²) >= 11 is 0. The maximum absolute atomic E-state index is 11.1. The molecule has 0 spiro atoms. The van der Waals surface area contributed by atoms with E-state index < -0.39 is 0 Å². The molecule has 1 atom stereocenters. The van der Waals surface area contributed by atoms with Crippen molar-refractivity contribution in [2.45, 2.75) is 46.7 Å². The van der Waals surface area contributed by atoms with E-state index in [0.29, 0.717) is 30.9 Å². The van der Waals surface area contributed by atoms with Gasteiger partial charge in [-0.3, -0.25) is 10.1 Å². The van der Waals surface area contributed by atoms with Crippen molar-refractivity contribution in [3.8, 4) is 5.75 Å². The van der Waals surface area contributed by atoms with E-state index in [2.05, 4.69) is 19.2 Å². The first-order valence-corrected chi connectivity index (χ1v) is 7.07. The van der Waals surface area contributed by atoms with Crippen molar-refractivity contribution in [1.82, 2.24) is 5.32 Å². The molecule has 0 aliphatic carbocycles. The fourth-order valence-electron chi connectivity index (χ4n) is 1.61. The minimum absolute atomic E-state index is 0.0383. The van der Waals surface area contributed by atoms with Gasteiger partial charge < -0.3 is 10.1 Å². The fraction of sp³-hybridized carbons (Fsp3) is 0.600. The van der Waals surface area contributed by atoms with E-state index in [9.17, 15) is 10.1 Å². The van der Waals surface area contributed by atoms with Gasteiger partial charge in [0.05, 0.1) is 11.5 Å². The first-order valence-electron chi connectivity index (χ1n) is 7.07. The van der Waals surface area contributed by atoms with Gasteiger partial charge in [0.25, 0.3) is 0 Å². The second kappa shape index (κ2) is 7.85. The number of rotatable bonds is 8. The van der Waals surface area contributed by atoms with Gasteiger partial charge in [0, 0.05) is 18.7 Å². The SMILES string of the molecule is CCC(C)COc1ccc(CNC(C)C)cc1[N+](=O)[O-]. The van der Waals surface area contributed by atoms with Crippen LogP contribution in [0.2, 0.25) is 0 Å². The summed E-state index contributed by atoms with van der Waals surface area (Å²) < 4.78 is 5.57. The number of nitrogens with one attached hydrogen (secondary N) is 1. The second-order valence-corrected chi connectivity index (χ2v) is 5.42. The predicted molar refractivity (Wildman–Crippen MR) is 80.0 cm³/mol. The number of nitro groups is 1. The molecule has 0 amide bonds. The van der Waals surface area contributed by atoms with Crippen molar-refractivity contribution in [2.24, 2.45) is 5.92 Å². The molecule has 0 fully saturated rings. The summed E-state index contributed by atoms with van der Waals surface area (Å²) in [6.45, 7) is 9.33. The quantitative estimate of drug-likeness (QED) is 0.584. The number of nitro benzene ring substituents is 1. The third-order valence-electron chi connectivity index (χ3n) is 3.15. The first kappa shape index (κ1) is 16.4. The zero-order valence-corrected chi connectivity index (χ0v) is 12.7. The molecule has 0 aliphatic rings. The summed E-state index contributed by atoms with van der Waals surface area (Å²) in [5.41, 5.74) is 0.928. The maximum atomic E-state index is 11.1. The van der Waals surface area contributed by atoms with E-state index in [0.717, 1.165) is 12.0 Å². The van der Waals surface area contributed by atoms with E-state index in [4.69, 9.17) is 4.74 Å². The summed E-state index contributed by atoms with van der Waals surface area (Å²) in [5, 5.41) is 14.4. The summed E-state index contributed by atoms with van der Waals surface area (Å²) in [6, 6.07) is 5.49. The molecule has 1 aromatic rings. The second-order valence-electron chi connectivity index (χ2n) is 5.42. The molecular weight excluding hydrogens is 256 g/mol. The minimum Gasteiger partial charge on any atom is -0.487 e. The van der Waals surface area contributed by atoms with Crippen LogP contribution >= 0.6 is 0 Å². The highest BCUT2D eigenvalue weighted by Crippen LogP contribution is 2.28. The Morgan fingerprint density at radius 2 is 2.05 bits per heavy atom. The van der Waals surface area contributed by atoms with E-state index in [1.165, 1.54) is 0 Å². The number of benzene rings is 1. The van der Waals surface area contributed by atoms with Crippen LogP contribution in [-0.4, -0.2) is 17.6 Å². The molecule has 1 N–H and O–H groups in total. The lowest BCUT2D eigenvalue weighted by molar-refractivity contribution is -0.386. The first-order chi connectivity index (χ1) is 9.43. The van der Waals surface area contributed by atoms with E-state index >= 15 is 0 Å². The zero-order valence-electron chi connectivity index (χ0n) is 12.7. The molecule has 0 radical (unpaired) electrons. The summed E-state index contributed by atoms with van der Waals surface area (Å²) in [4.78, 5) is 10.7. The van der Waals surface area contributed by atoms with Crippen molar-refractivity contribution in [2.75, 3.05) is 6.61 Å². The van der Waals surface area contributed by atoms with Crippen LogP contribution in [0.1, 0.15) is 39.7 Å². The van der Waals surface area contributed by atoms with Crippen LogP contribution in [0.4, 0.5) is 5.69 Å². The molecule has 0 aliphatic heterocycles. The zero-order chi connectivity index (χ0) is 15.1. The van der Waals surface area contributed by atoms with Gasteiger partial charge in [-0.1, -0.05) is 40.2 Å². The van der Waals surface area contributed by atoms with Gasteiger partial charge in [-0.2, -0.15) is 0 Å². The lowest BCUT2D eigenvalue weighted by atomic mass is 10.1. The Morgan fingerprint density at radius 3 is 2.60 bits per heavy atom. The van der Waals surface area contributed by atoms with Crippen LogP contribution in [0.3, 0.4) is 0 Å². The molecule has 1 aromatic carbocycles.